The third kappa shape index (κ3) is 2.08. The van der Waals surface area contributed by atoms with Crippen LogP contribution in [0.15, 0.2) is 12.2 Å². The van der Waals surface area contributed by atoms with Gasteiger partial charge in [-0.05, 0) is 39.5 Å². The van der Waals surface area contributed by atoms with Crippen molar-refractivity contribution in [1.82, 2.24) is 10.2 Å². The van der Waals surface area contributed by atoms with Gasteiger partial charge in [0.1, 0.15) is 11.6 Å². The fraction of sp³-hybridized carbons (Fsp3) is 0.692. The Morgan fingerprint density at radius 2 is 2.06 bits per heavy atom. The average molecular weight is 236 g/mol. The first-order valence-corrected chi connectivity index (χ1v) is 6.22. The van der Waals surface area contributed by atoms with E-state index in [2.05, 4.69) is 5.32 Å². The van der Waals surface area contributed by atoms with Crippen LogP contribution in [-0.4, -0.2) is 34.8 Å². The Morgan fingerprint density at radius 1 is 1.41 bits per heavy atom. The molecule has 2 rings (SSSR count). The zero-order valence-electron chi connectivity index (χ0n) is 10.7. The number of carbonyl (C=O) groups is 2. The molecule has 1 aliphatic carbocycles. The van der Waals surface area contributed by atoms with Gasteiger partial charge in [-0.25, -0.2) is 0 Å². The molecule has 17 heavy (non-hydrogen) atoms. The molecule has 0 aromatic carbocycles. The lowest BCUT2D eigenvalue weighted by atomic mass is 9.94. The van der Waals surface area contributed by atoms with Crippen LogP contribution in [0.4, 0.5) is 0 Å². The molecule has 0 spiro atoms. The summed E-state index contributed by atoms with van der Waals surface area (Å²) in [5.74, 6) is 0.379. The second-order valence-electron chi connectivity index (χ2n) is 5.37. The normalized spacial score (nSPS) is 28.6. The molecule has 1 aliphatic heterocycles. The Balaban J connectivity index is 2.22. The van der Waals surface area contributed by atoms with Crippen molar-refractivity contribution >= 4 is 11.8 Å². The summed E-state index contributed by atoms with van der Waals surface area (Å²) in [6.07, 6.45) is 5.92. The quantitative estimate of drug-likeness (QED) is 0.745. The van der Waals surface area contributed by atoms with Crippen LogP contribution in [-0.2, 0) is 9.59 Å². The van der Waals surface area contributed by atoms with Gasteiger partial charge in [0.15, 0.2) is 0 Å². The Kier molecular flexibility index (Phi) is 2.98. The lowest BCUT2D eigenvalue weighted by Crippen LogP contribution is -2.68. The lowest BCUT2D eigenvalue weighted by molar-refractivity contribution is -0.155. The van der Waals surface area contributed by atoms with Crippen LogP contribution in [0.3, 0.4) is 0 Å². The minimum atomic E-state index is -0.748. The predicted molar refractivity (Wildman–Crippen MR) is 65.3 cm³/mol. The molecule has 0 bridgehead atoms. The molecule has 94 valence electrons. The van der Waals surface area contributed by atoms with Crippen LogP contribution < -0.4 is 5.32 Å². The summed E-state index contributed by atoms with van der Waals surface area (Å²) in [6.45, 7) is 6.03. The minimum absolute atomic E-state index is 0.0431. The molecule has 1 unspecified atom stereocenters. The standard InChI is InChI=1S/C13H20N2O2/c1-4-5-8-15-11(16)10(9-6-7-9)14-12(17)13(15,2)3/h4-5,9-10H,6-8H2,1-3H3,(H,14,17)/b5-4+. The molecule has 1 saturated heterocycles. The summed E-state index contributed by atoms with van der Waals surface area (Å²) in [7, 11) is 0. The van der Waals surface area contributed by atoms with E-state index in [9.17, 15) is 9.59 Å². The van der Waals surface area contributed by atoms with E-state index in [1.54, 1.807) is 18.7 Å². The van der Waals surface area contributed by atoms with Gasteiger partial charge in [-0.3, -0.25) is 9.59 Å². The molecule has 1 atom stereocenters. The van der Waals surface area contributed by atoms with Gasteiger partial charge < -0.3 is 10.2 Å². The summed E-state index contributed by atoms with van der Waals surface area (Å²) in [6, 6.07) is -0.291. The molecule has 0 radical (unpaired) electrons. The van der Waals surface area contributed by atoms with Crippen molar-refractivity contribution in [2.24, 2.45) is 5.92 Å². The third-order valence-corrected chi connectivity index (χ3v) is 3.67. The Morgan fingerprint density at radius 3 is 2.59 bits per heavy atom. The lowest BCUT2D eigenvalue weighted by Gasteiger charge is -2.44. The van der Waals surface area contributed by atoms with E-state index >= 15 is 0 Å². The van der Waals surface area contributed by atoms with E-state index in [4.69, 9.17) is 0 Å². The van der Waals surface area contributed by atoms with E-state index < -0.39 is 5.54 Å². The first-order valence-electron chi connectivity index (χ1n) is 6.22. The van der Waals surface area contributed by atoms with Gasteiger partial charge in [0.25, 0.3) is 0 Å². The fourth-order valence-corrected chi connectivity index (χ4v) is 2.22. The molecule has 0 aromatic rings. The molecular formula is C13H20N2O2. The Bertz CT molecular complexity index is 370. The highest BCUT2D eigenvalue weighted by atomic mass is 16.2. The van der Waals surface area contributed by atoms with Crippen molar-refractivity contribution in [1.29, 1.82) is 0 Å². The van der Waals surface area contributed by atoms with Crippen molar-refractivity contribution in [2.45, 2.75) is 45.2 Å². The summed E-state index contributed by atoms with van der Waals surface area (Å²) in [4.78, 5) is 26.1. The van der Waals surface area contributed by atoms with Crippen molar-refractivity contribution in [3.05, 3.63) is 12.2 Å². The van der Waals surface area contributed by atoms with Gasteiger partial charge in [-0.15, -0.1) is 0 Å². The predicted octanol–water partition coefficient (Wildman–Crippen LogP) is 1.08. The molecule has 2 fully saturated rings. The van der Waals surface area contributed by atoms with E-state index in [0.717, 1.165) is 12.8 Å². The summed E-state index contributed by atoms with van der Waals surface area (Å²) in [5, 5.41) is 2.87. The fourth-order valence-electron chi connectivity index (χ4n) is 2.22. The maximum absolute atomic E-state index is 12.4. The molecule has 1 heterocycles. The van der Waals surface area contributed by atoms with E-state index in [1.807, 2.05) is 19.1 Å². The van der Waals surface area contributed by atoms with Gasteiger partial charge in [0, 0.05) is 6.54 Å². The molecule has 2 aliphatic rings. The summed E-state index contributed by atoms with van der Waals surface area (Å²) >= 11 is 0. The van der Waals surface area contributed by atoms with E-state index in [-0.39, 0.29) is 17.9 Å². The number of allylic oxidation sites excluding steroid dienone is 1. The molecular weight excluding hydrogens is 216 g/mol. The van der Waals surface area contributed by atoms with Crippen molar-refractivity contribution in [2.75, 3.05) is 6.54 Å². The van der Waals surface area contributed by atoms with Gasteiger partial charge in [-0.1, -0.05) is 12.2 Å². The zero-order valence-corrected chi connectivity index (χ0v) is 10.7. The van der Waals surface area contributed by atoms with Crippen LogP contribution in [0.2, 0.25) is 0 Å². The average Bonchev–Trinajstić information content (AvgIpc) is 3.07. The summed E-state index contributed by atoms with van der Waals surface area (Å²) in [5.41, 5.74) is -0.748. The number of nitrogens with one attached hydrogen (secondary N) is 1. The van der Waals surface area contributed by atoms with Crippen LogP contribution in [0.25, 0.3) is 0 Å². The first kappa shape index (κ1) is 12.1. The number of amides is 2. The van der Waals surface area contributed by atoms with Gasteiger partial charge in [0.2, 0.25) is 11.8 Å². The molecule has 2 amide bonds. The second-order valence-corrected chi connectivity index (χ2v) is 5.37. The zero-order chi connectivity index (χ0) is 12.6. The number of hydrogen-bond acceptors (Lipinski definition) is 2. The maximum atomic E-state index is 12.4. The molecule has 0 aromatic heterocycles. The van der Waals surface area contributed by atoms with Crippen LogP contribution in [0, 0.1) is 5.92 Å². The molecule has 4 heteroatoms. The highest BCUT2D eigenvalue weighted by Gasteiger charge is 2.50. The molecule has 1 saturated carbocycles. The SMILES string of the molecule is C/C=C/CN1C(=O)C(C2CC2)NC(=O)C1(C)C. The topological polar surface area (TPSA) is 49.4 Å². The van der Waals surface area contributed by atoms with E-state index in [1.165, 1.54) is 0 Å². The summed E-state index contributed by atoms with van der Waals surface area (Å²) < 4.78 is 0. The Hall–Kier alpha value is -1.32. The van der Waals surface area contributed by atoms with Gasteiger partial charge in [0.05, 0.1) is 0 Å². The highest BCUT2D eigenvalue weighted by Crippen LogP contribution is 2.36. The monoisotopic (exact) mass is 236 g/mol. The molecule has 4 nitrogen and oxygen atoms in total. The first-order chi connectivity index (χ1) is 7.98. The smallest absolute Gasteiger partial charge is 0.246 e. The largest absolute Gasteiger partial charge is 0.342 e. The molecule has 1 N–H and O–H groups in total. The van der Waals surface area contributed by atoms with Crippen molar-refractivity contribution < 1.29 is 9.59 Å². The van der Waals surface area contributed by atoms with Crippen LogP contribution >= 0.6 is 0 Å². The Labute approximate surface area is 102 Å². The number of piperazine rings is 1. The number of rotatable bonds is 3. The number of carbonyl (C=O) groups excluding carboxylic acids is 2. The number of hydrogen-bond donors (Lipinski definition) is 1. The van der Waals surface area contributed by atoms with Crippen LogP contribution in [0.1, 0.15) is 33.6 Å². The highest BCUT2D eigenvalue weighted by molar-refractivity contribution is 5.99. The van der Waals surface area contributed by atoms with Gasteiger partial charge >= 0.3 is 0 Å². The van der Waals surface area contributed by atoms with Crippen molar-refractivity contribution in [3.63, 3.8) is 0 Å². The van der Waals surface area contributed by atoms with Gasteiger partial charge in [-0.2, -0.15) is 0 Å². The third-order valence-electron chi connectivity index (χ3n) is 3.67. The second kappa shape index (κ2) is 4.17. The number of nitrogens with zero attached hydrogens (tertiary/aromatic N) is 1. The minimum Gasteiger partial charge on any atom is -0.342 e. The van der Waals surface area contributed by atoms with E-state index in [0.29, 0.717) is 12.5 Å². The van der Waals surface area contributed by atoms with Crippen LogP contribution in [0.5, 0.6) is 0 Å². The maximum Gasteiger partial charge on any atom is 0.246 e. The van der Waals surface area contributed by atoms with Crippen molar-refractivity contribution in [3.8, 4) is 0 Å².